The van der Waals surface area contributed by atoms with E-state index in [2.05, 4.69) is 21.2 Å². The van der Waals surface area contributed by atoms with Crippen molar-refractivity contribution in [1.82, 2.24) is 4.90 Å². The number of nitrogens with zero attached hydrogens (tertiary/aromatic N) is 1. The third-order valence-electron chi connectivity index (χ3n) is 4.98. The summed E-state index contributed by atoms with van der Waals surface area (Å²) in [5, 5.41) is 10.3. The molecule has 0 spiro atoms. The molecule has 10 nitrogen and oxygen atoms in total. The fourth-order valence-corrected chi connectivity index (χ4v) is 4.54. The van der Waals surface area contributed by atoms with Gasteiger partial charge in [-0.15, -0.1) is 0 Å². The zero-order valence-corrected chi connectivity index (χ0v) is 22.7. The smallest absolute Gasteiger partial charge is 0.416 e. The third kappa shape index (κ3) is 7.44. The second kappa shape index (κ2) is 12.4. The van der Waals surface area contributed by atoms with Crippen LogP contribution in [0.3, 0.4) is 0 Å². The predicted octanol–water partition coefficient (Wildman–Crippen LogP) is 5.01. The number of hydrogen-bond acceptors (Lipinski definition) is 8. The molecule has 3 amide bonds. The minimum absolute atomic E-state index is 0.0354. The molecule has 2 N–H and O–H groups in total. The largest absolute Gasteiger partial charge is 0.495 e. The fraction of sp³-hybridized carbons (Fsp3) is 0.250. The van der Waals surface area contributed by atoms with Crippen LogP contribution < -0.4 is 19.5 Å². The number of halogens is 4. The average molecular weight is 633 g/mol. The van der Waals surface area contributed by atoms with E-state index < -0.39 is 47.9 Å². The van der Waals surface area contributed by atoms with Crippen LogP contribution in [0.4, 0.5) is 23.7 Å². The number of hydrogen-bond donors (Lipinski definition) is 2. The van der Waals surface area contributed by atoms with Crippen molar-refractivity contribution in [2.45, 2.75) is 13.1 Å². The molecule has 0 radical (unpaired) electrons. The molecule has 0 bridgehead atoms. The van der Waals surface area contributed by atoms with Crippen LogP contribution in [0.1, 0.15) is 18.1 Å². The lowest BCUT2D eigenvalue weighted by molar-refractivity contribution is -0.139. The number of ether oxygens (including phenoxy) is 3. The van der Waals surface area contributed by atoms with Crippen LogP contribution in [0, 0.1) is 0 Å². The van der Waals surface area contributed by atoms with Gasteiger partial charge in [0.15, 0.2) is 18.1 Å². The Bertz CT molecular complexity index is 1350. The predicted molar refractivity (Wildman–Crippen MR) is 138 cm³/mol. The maximum Gasteiger partial charge on any atom is 0.416 e. The number of carbonyl (C=O) groups is 4. The third-order valence-corrected chi connectivity index (χ3v) is 6.57. The van der Waals surface area contributed by atoms with E-state index in [1.165, 1.54) is 25.3 Å². The van der Waals surface area contributed by atoms with Gasteiger partial charge in [-0.05, 0) is 60.7 Å². The number of methoxy groups -OCH3 is 1. The number of carboxylic acids is 1. The molecule has 0 aliphatic carbocycles. The van der Waals surface area contributed by atoms with E-state index in [1.54, 1.807) is 6.92 Å². The summed E-state index contributed by atoms with van der Waals surface area (Å²) in [6.45, 7) is 0.564. The van der Waals surface area contributed by atoms with Crippen LogP contribution in [-0.4, -0.2) is 59.9 Å². The molecule has 15 heteroatoms. The molecule has 208 valence electrons. The molecular formula is C24H20BrF3N2O8S. The highest BCUT2D eigenvalue weighted by atomic mass is 79.9. The van der Waals surface area contributed by atoms with Crippen molar-refractivity contribution in [2.24, 2.45) is 0 Å². The first kappa shape index (κ1) is 29.8. The van der Waals surface area contributed by atoms with Crippen molar-refractivity contribution in [3.8, 4) is 17.2 Å². The lowest BCUT2D eigenvalue weighted by Gasteiger charge is -2.16. The minimum atomic E-state index is -4.67. The van der Waals surface area contributed by atoms with E-state index in [9.17, 15) is 32.3 Å². The van der Waals surface area contributed by atoms with Crippen molar-refractivity contribution in [3.63, 3.8) is 0 Å². The molecule has 2 aromatic carbocycles. The Balaban J connectivity index is 1.80. The molecule has 0 saturated carbocycles. The summed E-state index contributed by atoms with van der Waals surface area (Å²) in [5.41, 5.74) is -0.911. The Morgan fingerprint density at radius 2 is 1.82 bits per heavy atom. The number of thioether (sulfide) groups is 1. The number of nitrogens with one attached hydrogen (secondary N) is 1. The molecule has 1 fully saturated rings. The topological polar surface area (TPSA) is 131 Å². The highest BCUT2D eigenvalue weighted by molar-refractivity contribution is 9.10. The molecule has 0 unspecified atom stereocenters. The second-order valence-electron chi connectivity index (χ2n) is 7.66. The lowest BCUT2D eigenvalue weighted by Crippen LogP contribution is -2.36. The van der Waals surface area contributed by atoms with E-state index >= 15 is 0 Å². The van der Waals surface area contributed by atoms with E-state index in [1.807, 2.05) is 0 Å². The van der Waals surface area contributed by atoms with Crippen molar-refractivity contribution in [2.75, 3.05) is 32.2 Å². The SMILES string of the molecule is CCOc1cc(/C=C2\SC(=O)N(CC(=O)Nc3cc(C(F)(F)F)ccc3OC)C2=O)c(Br)cc1OCC(=O)O. The Morgan fingerprint density at radius 1 is 1.13 bits per heavy atom. The standard InChI is InChI=1S/C24H20BrF3N2O8S/c1-3-37-17-6-12(14(25)9-18(17)38-11-21(32)33)7-19-22(34)30(23(35)39-19)10-20(31)29-15-8-13(24(26,27)28)4-5-16(15)36-2/h4-9H,3,10-11H2,1-2H3,(H,29,31)(H,32,33)/b19-7-. The van der Waals surface area contributed by atoms with Crippen LogP contribution in [0.2, 0.25) is 0 Å². The fourth-order valence-electron chi connectivity index (χ4n) is 3.27. The van der Waals surface area contributed by atoms with Gasteiger partial charge in [0.2, 0.25) is 5.91 Å². The molecule has 1 aliphatic heterocycles. The maximum absolute atomic E-state index is 13.1. The second-order valence-corrected chi connectivity index (χ2v) is 9.51. The monoisotopic (exact) mass is 632 g/mol. The molecule has 0 aromatic heterocycles. The van der Waals surface area contributed by atoms with Crippen molar-refractivity contribution < 1.29 is 51.7 Å². The Morgan fingerprint density at radius 3 is 2.44 bits per heavy atom. The Hall–Kier alpha value is -3.72. The van der Waals surface area contributed by atoms with Crippen LogP contribution >= 0.6 is 27.7 Å². The number of imide groups is 1. The van der Waals surface area contributed by atoms with Gasteiger partial charge in [0.25, 0.3) is 11.1 Å². The van der Waals surface area contributed by atoms with Crippen LogP contribution in [0.15, 0.2) is 39.7 Å². The van der Waals surface area contributed by atoms with E-state index in [4.69, 9.17) is 19.3 Å². The number of amides is 3. The van der Waals surface area contributed by atoms with E-state index in [-0.39, 0.29) is 34.4 Å². The minimum Gasteiger partial charge on any atom is -0.495 e. The zero-order valence-electron chi connectivity index (χ0n) is 20.3. The number of carboxylic acid groups (broad SMARTS) is 1. The molecule has 39 heavy (non-hydrogen) atoms. The van der Waals surface area contributed by atoms with Crippen molar-refractivity contribution in [3.05, 3.63) is 50.8 Å². The zero-order chi connectivity index (χ0) is 28.9. The summed E-state index contributed by atoms with van der Waals surface area (Å²) in [6, 6.07) is 5.43. The number of aliphatic carboxylic acids is 1. The quantitative estimate of drug-likeness (QED) is 0.347. The lowest BCUT2D eigenvalue weighted by atomic mass is 10.1. The Kier molecular flexibility index (Phi) is 9.50. The van der Waals surface area contributed by atoms with Crippen LogP contribution in [0.5, 0.6) is 17.2 Å². The Labute approximate surface area is 232 Å². The number of carbonyl (C=O) groups excluding carboxylic acids is 3. The van der Waals surface area contributed by atoms with Crippen molar-refractivity contribution >= 4 is 62.5 Å². The van der Waals surface area contributed by atoms with Gasteiger partial charge >= 0.3 is 12.1 Å². The summed E-state index contributed by atoms with van der Waals surface area (Å²) in [7, 11) is 1.21. The molecule has 0 atom stereocenters. The van der Waals surface area contributed by atoms with Gasteiger partial charge in [0.05, 0.1) is 29.9 Å². The summed E-state index contributed by atoms with van der Waals surface area (Å²) >= 11 is 3.86. The first-order valence-corrected chi connectivity index (χ1v) is 12.6. The maximum atomic E-state index is 13.1. The normalized spacial score (nSPS) is 14.5. The molecule has 1 heterocycles. The van der Waals surface area contributed by atoms with E-state index in [0.29, 0.717) is 32.8 Å². The van der Waals surface area contributed by atoms with Gasteiger partial charge < -0.3 is 24.6 Å². The van der Waals surface area contributed by atoms with Crippen LogP contribution in [0.25, 0.3) is 6.08 Å². The number of benzene rings is 2. The van der Waals surface area contributed by atoms with E-state index in [0.717, 1.165) is 12.1 Å². The summed E-state index contributed by atoms with van der Waals surface area (Å²) < 4.78 is 55.3. The van der Waals surface area contributed by atoms with Crippen molar-refractivity contribution in [1.29, 1.82) is 0 Å². The first-order chi connectivity index (χ1) is 18.3. The van der Waals surface area contributed by atoms with Gasteiger partial charge in [-0.1, -0.05) is 15.9 Å². The molecule has 1 saturated heterocycles. The van der Waals surface area contributed by atoms with Gasteiger partial charge in [-0.25, -0.2) is 4.79 Å². The number of rotatable bonds is 10. The van der Waals surface area contributed by atoms with Gasteiger partial charge in [0, 0.05) is 4.47 Å². The summed E-state index contributed by atoms with van der Waals surface area (Å²) in [4.78, 5) is 49.4. The number of anilines is 1. The average Bonchev–Trinajstić information content (AvgIpc) is 3.11. The highest BCUT2D eigenvalue weighted by Gasteiger charge is 2.37. The summed E-state index contributed by atoms with van der Waals surface area (Å²) in [5.74, 6) is -2.62. The summed E-state index contributed by atoms with van der Waals surface area (Å²) in [6.07, 6.45) is -3.30. The highest BCUT2D eigenvalue weighted by Crippen LogP contribution is 2.39. The molecule has 3 rings (SSSR count). The van der Waals surface area contributed by atoms with Gasteiger partial charge in [-0.2, -0.15) is 13.2 Å². The van der Waals surface area contributed by atoms with Gasteiger partial charge in [-0.3, -0.25) is 19.3 Å². The first-order valence-electron chi connectivity index (χ1n) is 10.9. The van der Waals surface area contributed by atoms with Gasteiger partial charge in [0.1, 0.15) is 12.3 Å². The molecule has 2 aromatic rings. The number of alkyl halides is 3. The van der Waals surface area contributed by atoms with Crippen LogP contribution in [-0.2, 0) is 20.6 Å². The molecule has 1 aliphatic rings. The molecular weight excluding hydrogens is 613 g/mol.